The summed E-state index contributed by atoms with van der Waals surface area (Å²) in [6, 6.07) is 3.08. The topological polar surface area (TPSA) is 63.1 Å². The van der Waals surface area contributed by atoms with Crippen LogP contribution in [0.1, 0.15) is 20.9 Å². The molecule has 1 N–H and O–H groups in total. The Morgan fingerprint density at radius 3 is 2.55 bits per heavy atom. The Hall–Kier alpha value is -1.61. The summed E-state index contributed by atoms with van der Waals surface area (Å²) in [5, 5.41) is 17.0. The smallest absolute Gasteiger partial charge is 0.417 e. The van der Waals surface area contributed by atoms with Crippen LogP contribution in [-0.4, -0.2) is 21.3 Å². The van der Waals surface area contributed by atoms with Crippen molar-refractivity contribution in [3.8, 4) is 0 Å². The molecule has 0 fully saturated rings. The van der Waals surface area contributed by atoms with Crippen LogP contribution in [0.3, 0.4) is 0 Å². The minimum Gasteiger partial charge on any atom is -0.478 e. The van der Waals surface area contributed by atoms with E-state index in [1.165, 1.54) is 17.4 Å². The summed E-state index contributed by atoms with van der Waals surface area (Å²) in [5.41, 5.74) is -1.94. The number of aryl methyl sites for hydroxylation is 1. The molecular weight excluding hydrogens is 313 g/mol. The fourth-order valence-corrected chi connectivity index (χ4v) is 3.26. The van der Waals surface area contributed by atoms with E-state index < -0.39 is 23.3 Å². The van der Waals surface area contributed by atoms with Gasteiger partial charge < -0.3 is 5.11 Å². The van der Waals surface area contributed by atoms with Gasteiger partial charge in [-0.25, -0.2) is 4.79 Å². The van der Waals surface area contributed by atoms with E-state index in [9.17, 15) is 18.0 Å². The molecule has 106 valence electrons. The Morgan fingerprint density at radius 1 is 1.35 bits per heavy atom. The van der Waals surface area contributed by atoms with Crippen LogP contribution in [0.25, 0.3) is 0 Å². The average molecular weight is 320 g/mol. The van der Waals surface area contributed by atoms with Crippen molar-refractivity contribution in [1.29, 1.82) is 0 Å². The van der Waals surface area contributed by atoms with Gasteiger partial charge in [-0.05, 0) is 25.1 Å². The van der Waals surface area contributed by atoms with Gasteiger partial charge in [0, 0.05) is 4.90 Å². The van der Waals surface area contributed by atoms with Crippen molar-refractivity contribution in [1.82, 2.24) is 10.2 Å². The van der Waals surface area contributed by atoms with Crippen LogP contribution in [-0.2, 0) is 6.18 Å². The van der Waals surface area contributed by atoms with E-state index in [0.717, 1.165) is 23.9 Å². The number of rotatable bonds is 3. The van der Waals surface area contributed by atoms with Crippen LogP contribution in [0.5, 0.6) is 0 Å². The molecule has 0 bridgehead atoms. The summed E-state index contributed by atoms with van der Waals surface area (Å²) in [7, 11) is 0. The number of halogens is 3. The third-order valence-corrected chi connectivity index (χ3v) is 4.12. The Balaban J connectivity index is 2.39. The van der Waals surface area contributed by atoms with Crippen LogP contribution in [0, 0.1) is 6.92 Å². The molecule has 4 nitrogen and oxygen atoms in total. The van der Waals surface area contributed by atoms with Crippen LogP contribution >= 0.6 is 23.1 Å². The second-order valence-corrected chi connectivity index (χ2v) is 6.20. The zero-order valence-electron chi connectivity index (χ0n) is 9.93. The maximum atomic E-state index is 12.8. The molecule has 0 unspecified atom stereocenters. The summed E-state index contributed by atoms with van der Waals surface area (Å²) in [6.45, 7) is 1.73. The first kappa shape index (κ1) is 14.8. The lowest BCUT2D eigenvalue weighted by Crippen LogP contribution is -2.12. The minimum atomic E-state index is -4.72. The van der Waals surface area contributed by atoms with Gasteiger partial charge in [-0.1, -0.05) is 23.1 Å². The van der Waals surface area contributed by atoms with Crippen molar-refractivity contribution in [3.05, 3.63) is 34.3 Å². The largest absolute Gasteiger partial charge is 0.478 e. The van der Waals surface area contributed by atoms with E-state index in [1.54, 1.807) is 6.92 Å². The number of benzene rings is 1. The molecule has 9 heteroatoms. The number of carbonyl (C=O) groups is 1. The van der Waals surface area contributed by atoms with Gasteiger partial charge in [-0.2, -0.15) is 13.2 Å². The Labute approximate surface area is 119 Å². The molecule has 0 saturated heterocycles. The van der Waals surface area contributed by atoms with Crippen molar-refractivity contribution in [2.24, 2.45) is 0 Å². The third kappa shape index (κ3) is 3.28. The Bertz CT molecular complexity index is 655. The molecule has 0 spiro atoms. The van der Waals surface area contributed by atoms with E-state index >= 15 is 0 Å². The fraction of sp³-hybridized carbons (Fsp3) is 0.182. The number of hydrogen-bond acceptors (Lipinski definition) is 5. The van der Waals surface area contributed by atoms with Gasteiger partial charge in [0.05, 0.1) is 11.1 Å². The quantitative estimate of drug-likeness (QED) is 0.934. The molecule has 0 atom stereocenters. The normalized spacial score (nSPS) is 11.6. The third-order valence-electron chi connectivity index (χ3n) is 2.24. The number of nitrogens with zero attached hydrogens (tertiary/aromatic N) is 2. The summed E-state index contributed by atoms with van der Waals surface area (Å²) in [4.78, 5) is 11.1. The molecule has 0 aliphatic heterocycles. The van der Waals surface area contributed by atoms with E-state index in [2.05, 4.69) is 10.2 Å². The Morgan fingerprint density at radius 2 is 2.05 bits per heavy atom. The number of aromatic carboxylic acids is 1. The van der Waals surface area contributed by atoms with E-state index in [1.807, 2.05) is 0 Å². The molecule has 0 saturated carbocycles. The van der Waals surface area contributed by atoms with Crippen molar-refractivity contribution in [2.75, 3.05) is 0 Å². The van der Waals surface area contributed by atoms with Gasteiger partial charge in [-0.15, -0.1) is 10.2 Å². The molecule has 2 rings (SSSR count). The monoisotopic (exact) mass is 320 g/mol. The highest BCUT2D eigenvalue weighted by molar-refractivity contribution is 8.01. The number of hydrogen-bond donors (Lipinski definition) is 1. The Kier molecular flexibility index (Phi) is 4.00. The first-order valence-electron chi connectivity index (χ1n) is 5.20. The molecule has 0 radical (unpaired) electrons. The molecule has 2 aromatic rings. The summed E-state index contributed by atoms with van der Waals surface area (Å²) < 4.78 is 39.0. The predicted octanol–water partition coefficient (Wildman–Crippen LogP) is 3.71. The highest BCUT2D eigenvalue weighted by Gasteiger charge is 2.35. The lowest BCUT2D eigenvalue weighted by Gasteiger charge is -2.11. The molecule has 1 aromatic heterocycles. The van der Waals surface area contributed by atoms with Gasteiger partial charge in [0.15, 0.2) is 4.34 Å². The first-order valence-corrected chi connectivity index (χ1v) is 6.83. The fourth-order valence-electron chi connectivity index (χ4n) is 1.43. The maximum absolute atomic E-state index is 12.8. The van der Waals surface area contributed by atoms with Crippen LogP contribution < -0.4 is 0 Å². The van der Waals surface area contributed by atoms with Gasteiger partial charge in [0.2, 0.25) is 0 Å². The summed E-state index contributed by atoms with van der Waals surface area (Å²) in [5.74, 6) is -1.61. The van der Waals surface area contributed by atoms with Gasteiger partial charge in [-0.3, -0.25) is 0 Å². The lowest BCUT2D eigenvalue weighted by atomic mass is 10.1. The summed E-state index contributed by atoms with van der Waals surface area (Å²) >= 11 is 2.26. The number of carboxylic acid groups (broad SMARTS) is 1. The van der Waals surface area contributed by atoms with Gasteiger partial charge in [0.1, 0.15) is 5.01 Å². The predicted molar refractivity (Wildman–Crippen MR) is 67.2 cm³/mol. The van der Waals surface area contributed by atoms with Gasteiger partial charge >= 0.3 is 12.1 Å². The second kappa shape index (κ2) is 5.41. The first-order chi connectivity index (χ1) is 9.27. The zero-order chi connectivity index (χ0) is 14.9. The molecule has 0 aliphatic rings. The SMILES string of the molecule is Cc1nnc(Sc2ccc(C(=O)O)c(C(F)(F)F)c2)s1. The molecule has 0 aliphatic carbocycles. The molecule has 20 heavy (non-hydrogen) atoms. The molecule has 1 aromatic carbocycles. The maximum Gasteiger partial charge on any atom is 0.417 e. The highest BCUT2D eigenvalue weighted by Crippen LogP contribution is 2.37. The van der Waals surface area contributed by atoms with E-state index in [-0.39, 0.29) is 4.90 Å². The van der Waals surface area contributed by atoms with E-state index in [4.69, 9.17) is 5.11 Å². The summed E-state index contributed by atoms with van der Waals surface area (Å²) in [6.07, 6.45) is -4.72. The number of aromatic nitrogens is 2. The van der Waals surface area contributed by atoms with Crippen LogP contribution in [0.2, 0.25) is 0 Å². The standard InChI is InChI=1S/C11H7F3N2O2S2/c1-5-15-16-10(19-5)20-6-2-3-7(9(17)18)8(4-6)11(12,13)14/h2-4H,1H3,(H,17,18). The van der Waals surface area contributed by atoms with Crippen molar-refractivity contribution in [2.45, 2.75) is 22.3 Å². The zero-order valence-corrected chi connectivity index (χ0v) is 11.6. The number of carboxylic acids is 1. The van der Waals surface area contributed by atoms with Crippen molar-refractivity contribution >= 4 is 29.1 Å². The van der Waals surface area contributed by atoms with Crippen molar-refractivity contribution < 1.29 is 23.1 Å². The molecular formula is C11H7F3N2O2S2. The van der Waals surface area contributed by atoms with E-state index in [0.29, 0.717) is 9.35 Å². The molecule has 0 amide bonds. The minimum absolute atomic E-state index is 0.262. The molecule has 1 heterocycles. The van der Waals surface area contributed by atoms with Crippen molar-refractivity contribution in [3.63, 3.8) is 0 Å². The second-order valence-electron chi connectivity index (χ2n) is 3.70. The highest BCUT2D eigenvalue weighted by atomic mass is 32.2. The average Bonchev–Trinajstić information content (AvgIpc) is 2.73. The van der Waals surface area contributed by atoms with Gasteiger partial charge in [0.25, 0.3) is 0 Å². The number of alkyl halides is 3. The van der Waals surface area contributed by atoms with Crippen LogP contribution in [0.15, 0.2) is 27.4 Å². The van der Waals surface area contributed by atoms with Crippen LogP contribution in [0.4, 0.5) is 13.2 Å². The lowest BCUT2D eigenvalue weighted by molar-refractivity contribution is -0.138.